The van der Waals surface area contributed by atoms with Crippen LogP contribution in [0, 0.1) is 6.92 Å². The second kappa shape index (κ2) is 7.50. The minimum Gasteiger partial charge on any atom is -0.493 e. The molecule has 0 amide bonds. The second-order valence-corrected chi connectivity index (χ2v) is 4.90. The van der Waals surface area contributed by atoms with Crippen LogP contribution in [0.3, 0.4) is 0 Å². The summed E-state index contributed by atoms with van der Waals surface area (Å²) in [7, 11) is 1.61. The van der Waals surface area contributed by atoms with Gasteiger partial charge >= 0.3 is 0 Å². The molecule has 0 spiro atoms. The van der Waals surface area contributed by atoms with Crippen molar-refractivity contribution in [3.63, 3.8) is 0 Å². The number of para-hydroxylation sites is 1. The van der Waals surface area contributed by atoms with Crippen molar-refractivity contribution in [2.45, 2.75) is 13.8 Å². The summed E-state index contributed by atoms with van der Waals surface area (Å²) in [5, 5.41) is 0. The van der Waals surface area contributed by atoms with E-state index in [9.17, 15) is 4.79 Å². The molecule has 0 saturated carbocycles. The van der Waals surface area contributed by atoms with Gasteiger partial charge in [0, 0.05) is 0 Å². The van der Waals surface area contributed by atoms with Crippen LogP contribution in [0.25, 0.3) is 0 Å². The molecule has 0 aliphatic heterocycles. The third-order valence-corrected chi connectivity index (χ3v) is 3.18. The first-order valence-corrected chi connectivity index (χ1v) is 7.12. The van der Waals surface area contributed by atoms with Crippen LogP contribution in [0.4, 0.5) is 0 Å². The minimum absolute atomic E-state index is 0.0169. The van der Waals surface area contributed by atoms with Gasteiger partial charge in [0.1, 0.15) is 19.0 Å². The van der Waals surface area contributed by atoms with Crippen LogP contribution in [0.5, 0.6) is 17.2 Å². The van der Waals surface area contributed by atoms with E-state index in [1.807, 2.05) is 37.3 Å². The fourth-order valence-corrected chi connectivity index (χ4v) is 2.08. The number of aryl methyl sites for hydroxylation is 1. The van der Waals surface area contributed by atoms with Crippen LogP contribution in [0.1, 0.15) is 22.8 Å². The molecule has 0 unspecified atom stereocenters. The average Bonchev–Trinajstić information content (AvgIpc) is 2.52. The Labute approximate surface area is 130 Å². The Morgan fingerprint density at radius 1 is 0.955 bits per heavy atom. The molecule has 22 heavy (non-hydrogen) atoms. The lowest BCUT2D eigenvalue weighted by Gasteiger charge is -2.13. The molecule has 2 aromatic carbocycles. The first-order valence-electron chi connectivity index (χ1n) is 7.12. The maximum atomic E-state index is 11.5. The topological polar surface area (TPSA) is 44.8 Å². The van der Waals surface area contributed by atoms with Gasteiger partial charge in [0.05, 0.1) is 12.7 Å². The van der Waals surface area contributed by atoms with Crippen LogP contribution >= 0.6 is 0 Å². The van der Waals surface area contributed by atoms with E-state index in [2.05, 4.69) is 0 Å². The number of ketones is 1. The summed E-state index contributed by atoms with van der Waals surface area (Å²) in [5.74, 6) is 1.94. The highest BCUT2D eigenvalue weighted by Crippen LogP contribution is 2.27. The van der Waals surface area contributed by atoms with Crippen LogP contribution in [-0.2, 0) is 0 Å². The van der Waals surface area contributed by atoms with Crippen molar-refractivity contribution in [2.75, 3.05) is 20.3 Å². The fourth-order valence-electron chi connectivity index (χ4n) is 2.08. The number of ether oxygens (including phenoxy) is 3. The first kappa shape index (κ1) is 15.9. The Balaban J connectivity index is 1.92. The van der Waals surface area contributed by atoms with Crippen LogP contribution in [0.2, 0.25) is 0 Å². The summed E-state index contributed by atoms with van der Waals surface area (Å²) in [5.41, 5.74) is 1.69. The summed E-state index contributed by atoms with van der Waals surface area (Å²) in [6.07, 6.45) is 0. The summed E-state index contributed by atoms with van der Waals surface area (Å²) in [6.45, 7) is 4.23. The van der Waals surface area contributed by atoms with Crippen molar-refractivity contribution in [2.24, 2.45) is 0 Å². The van der Waals surface area contributed by atoms with Gasteiger partial charge in [-0.3, -0.25) is 4.79 Å². The Morgan fingerprint density at radius 2 is 1.64 bits per heavy atom. The molecule has 0 aliphatic carbocycles. The minimum atomic E-state index is -0.0169. The van der Waals surface area contributed by atoms with E-state index in [0.717, 1.165) is 5.56 Å². The van der Waals surface area contributed by atoms with Gasteiger partial charge in [0.15, 0.2) is 17.3 Å². The summed E-state index contributed by atoms with van der Waals surface area (Å²) < 4.78 is 16.6. The van der Waals surface area contributed by atoms with Crippen molar-refractivity contribution < 1.29 is 19.0 Å². The molecule has 0 heterocycles. The zero-order valence-corrected chi connectivity index (χ0v) is 13.1. The molecule has 4 nitrogen and oxygen atoms in total. The van der Waals surface area contributed by atoms with Gasteiger partial charge < -0.3 is 14.2 Å². The summed E-state index contributed by atoms with van der Waals surface area (Å²) >= 11 is 0. The molecule has 0 aliphatic rings. The van der Waals surface area contributed by atoms with Crippen LogP contribution in [0.15, 0.2) is 42.5 Å². The predicted molar refractivity (Wildman–Crippen MR) is 85.2 cm³/mol. The largest absolute Gasteiger partial charge is 0.493 e. The van der Waals surface area contributed by atoms with E-state index in [0.29, 0.717) is 36.0 Å². The molecule has 0 radical (unpaired) electrons. The molecule has 0 atom stereocenters. The van der Waals surface area contributed by atoms with Crippen molar-refractivity contribution in [1.82, 2.24) is 0 Å². The van der Waals surface area contributed by atoms with Gasteiger partial charge in [-0.05, 0) is 43.7 Å². The van der Waals surface area contributed by atoms with Crippen LogP contribution < -0.4 is 14.2 Å². The molecule has 0 fully saturated rings. The highest BCUT2D eigenvalue weighted by Gasteiger charge is 2.08. The Kier molecular flexibility index (Phi) is 5.42. The Morgan fingerprint density at radius 3 is 2.32 bits per heavy atom. The number of carbonyl (C=O) groups is 1. The number of benzene rings is 2. The Hall–Kier alpha value is -2.49. The molecule has 2 rings (SSSR count). The molecule has 0 N–H and O–H groups in total. The van der Waals surface area contributed by atoms with Gasteiger partial charge in [-0.1, -0.05) is 18.2 Å². The average molecular weight is 300 g/mol. The van der Waals surface area contributed by atoms with Crippen molar-refractivity contribution >= 4 is 5.78 Å². The maximum absolute atomic E-state index is 11.5. The monoisotopic (exact) mass is 300 g/mol. The van der Waals surface area contributed by atoms with Crippen molar-refractivity contribution in [3.05, 3.63) is 53.6 Å². The van der Waals surface area contributed by atoms with Gasteiger partial charge in [0.2, 0.25) is 0 Å². The van der Waals surface area contributed by atoms with Gasteiger partial charge in [0.25, 0.3) is 0 Å². The molecule has 0 aromatic heterocycles. The third kappa shape index (κ3) is 4.01. The van der Waals surface area contributed by atoms with E-state index in [1.54, 1.807) is 19.2 Å². The summed E-state index contributed by atoms with van der Waals surface area (Å²) in [6, 6.07) is 12.9. The van der Waals surface area contributed by atoms with Crippen molar-refractivity contribution in [3.8, 4) is 17.2 Å². The number of Topliss-reactive ketones (excluding diaryl/α,β-unsaturated/α-hetero) is 1. The SMILES string of the molecule is COc1cc(C)ccc1OCCOc1ccccc1C(C)=O. The number of hydrogen-bond acceptors (Lipinski definition) is 4. The standard InChI is InChI=1S/C18H20O4/c1-13-8-9-17(18(12-13)20-3)22-11-10-21-16-7-5-4-6-15(16)14(2)19/h4-9,12H,10-11H2,1-3H3. The zero-order valence-electron chi connectivity index (χ0n) is 13.1. The number of hydrogen-bond donors (Lipinski definition) is 0. The number of carbonyl (C=O) groups excluding carboxylic acids is 1. The van der Waals surface area contributed by atoms with E-state index in [-0.39, 0.29) is 5.78 Å². The highest BCUT2D eigenvalue weighted by atomic mass is 16.5. The van der Waals surface area contributed by atoms with Gasteiger partial charge in [-0.15, -0.1) is 0 Å². The smallest absolute Gasteiger partial charge is 0.163 e. The number of methoxy groups -OCH3 is 1. The third-order valence-electron chi connectivity index (χ3n) is 3.18. The quantitative estimate of drug-likeness (QED) is 0.578. The maximum Gasteiger partial charge on any atom is 0.163 e. The molecule has 0 saturated heterocycles. The summed E-state index contributed by atoms with van der Waals surface area (Å²) in [4.78, 5) is 11.5. The fraction of sp³-hybridized carbons (Fsp3) is 0.278. The second-order valence-electron chi connectivity index (χ2n) is 4.90. The molecule has 2 aromatic rings. The van der Waals surface area contributed by atoms with Crippen molar-refractivity contribution in [1.29, 1.82) is 0 Å². The normalized spacial score (nSPS) is 10.1. The highest BCUT2D eigenvalue weighted by molar-refractivity contribution is 5.96. The van der Waals surface area contributed by atoms with E-state index in [4.69, 9.17) is 14.2 Å². The van der Waals surface area contributed by atoms with Crippen LogP contribution in [-0.4, -0.2) is 26.1 Å². The lowest BCUT2D eigenvalue weighted by molar-refractivity contribution is 0.101. The number of rotatable bonds is 7. The molecular weight excluding hydrogens is 280 g/mol. The molecule has 0 bridgehead atoms. The lowest BCUT2D eigenvalue weighted by atomic mass is 10.1. The molecule has 4 heteroatoms. The molecule has 116 valence electrons. The van der Waals surface area contributed by atoms with E-state index in [1.165, 1.54) is 6.92 Å². The first-order chi connectivity index (χ1) is 10.6. The van der Waals surface area contributed by atoms with Gasteiger partial charge in [-0.2, -0.15) is 0 Å². The predicted octanol–water partition coefficient (Wildman–Crippen LogP) is 3.66. The lowest BCUT2D eigenvalue weighted by Crippen LogP contribution is -2.11. The Bertz CT molecular complexity index is 649. The van der Waals surface area contributed by atoms with E-state index >= 15 is 0 Å². The van der Waals surface area contributed by atoms with E-state index < -0.39 is 0 Å². The van der Waals surface area contributed by atoms with Gasteiger partial charge in [-0.25, -0.2) is 0 Å². The zero-order chi connectivity index (χ0) is 15.9. The molecular formula is C18H20O4.